The highest BCUT2D eigenvalue weighted by Crippen LogP contribution is 2.18. The van der Waals surface area contributed by atoms with Gasteiger partial charge in [-0.25, -0.2) is 0 Å². The average Bonchev–Trinajstić information content (AvgIpc) is 2.09. The molecule has 0 aromatic heterocycles. The molecule has 0 fully saturated rings. The Balaban J connectivity index is 3.90. The molecule has 0 aliphatic rings. The van der Waals surface area contributed by atoms with E-state index in [2.05, 4.69) is 53.4 Å². The quantitative estimate of drug-likeness (QED) is 0.644. The van der Waals surface area contributed by atoms with Gasteiger partial charge in [-0.3, -0.25) is 0 Å². The summed E-state index contributed by atoms with van der Waals surface area (Å²) >= 11 is 0. The van der Waals surface area contributed by atoms with Crippen LogP contribution in [0.1, 0.15) is 54.9 Å². The van der Waals surface area contributed by atoms with E-state index in [0.29, 0.717) is 5.41 Å². The molecule has 15 heavy (non-hydrogen) atoms. The Morgan fingerprint density at radius 3 is 1.93 bits per heavy atom. The zero-order chi connectivity index (χ0) is 12.1. The summed E-state index contributed by atoms with van der Waals surface area (Å²) in [5.74, 6) is 1.66. The zero-order valence-electron chi connectivity index (χ0n) is 11.9. The van der Waals surface area contributed by atoms with Crippen molar-refractivity contribution in [3.8, 4) is 0 Å². The maximum absolute atomic E-state index is 2.58. The third-order valence-electron chi connectivity index (χ3n) is 3.18. The number of rotatable bonds is 6. The summed E-state index contributed by atoms with van der Waals surface area (Å²) in [6.45, 7) is 19.9. The van der Waals surface area contributed by atoms with E-state index in [1.54, 1.807) is 0 Å². The summed E-state index contributed by atoms with van der Waals surface area (Å²) in [4.78, 5) is 2.58. The molecule has 0 amide bonds. The Labute approximate surface area is 97.2 Å². The van der Waals surface area contributed by atoms with Crippen molar-refractivity contribution in [3.63, 3.8) is 0 Å². The first-order valence-electron chi connectivity index (χ1n) is 6.48. The van der Waals surface area contributed by atoms with E-state index in [1.807, 2.05) is 0 Å². The molecule has 0 saturated carbocycles. The smallest absolute Gasteiger partial charge is 0.00299 e. The fourth-order valence-electron chi connectivity index (χ4n) is 1.74. The van der Waals surface area contributed by atoms with Gasteiger partial charge in [0.2, 0.25) is 0 Å². The van der Waals surface area contributed by atoms with Crippen molar-refractivity contribution in [2.75, 3.05) is 19.6 Å². The van der Waals surface area contributed by atoms with Crippen LogP contribution in [0, 0.1) is 17.3 Å². The van der Waals surface area contributed by atoms with Crippen LogP contribution in [0.25, 0.3) is 0 Å². The van der Waals surface area contributed by atoms with Gasteiger partial charge in [-0.05, 0) is 36.8 Å². The van der Waals surface area contributed by atoms with Gasteiger partial charge in [0.25, 0.3) is 0 Å². The Bertz CT molecular complexity index is 155. The highest BCUT2D eigenvalue weighted by atomic mass is 15.1. The van der Waals surface area contributed by atoms with E-state index < -0.39 is 0 Å². The second-order valence-corrected chi connectivity index (χ2v) is 6.44. The van der Waals surface area contributed by atoms with Gasteiger partial charge in [-0.15, -0.1) is 0 Å². The maximum atomic E-state index is 2.58. The lowest BCUT2D eigenvalue weighted by Crippen LogP contribution is -2.34. The summed E-state index contributed by atoms with van der Waals surface area (Å²) in [5.41, 5.74) is 0.428. The minimum atomic E-state index is 0.428. The molecule has 0 saturated heterocycles. The van der Waals surface area contributed by atoms with Crippen molar-refractivity contribution in [2.24, 2.45) is 17.3 Å². The standard InChI is InChI=1S/C14H31N/c1-8-15(11-14(5,6)7)10-9-13(4)12(2)3/h12-13H,8-11H2,1-7H3. The third kappa shape index (κ3) is 7.84. The summed E-state index contributed by atoms with van der Waals surface area (Å²) in [6.07, 6.45) is 1.33. The molecule has 0 rings (SSSR count). The van der Waals surface area contributed by atoms with Crippen molar-refractivity contribution in [2.45, 2.75) is 54.9 Å². The molecule has 0 spiro atoms. The lowest BCUT2D eigenvalue weighted by atomic mass is 9.93. The molecular formula is C14H31N. The third-order valence-corrected chi connectivity index (χ3v) is 3.18. The van der Waals surface area contributed by atoms with Crippen LogP contribution in [-0.2, 0) is 0 Å². The molecule has 1 unspecified atom stereocenters. The molecule has 0 N–H and O–H groups in total. The fraction of sp³-hybridized carbons (Fsp3) is 1.00. The summed E-state index contributed by atoms with van der Waals surface area (Å²) in [6, 6.07) is 0. The summed E-state index contributed by atoms with van der Waals surface area (Å²) in [5, 5.41) is 0. The van der Waals surface area contributed by atoms with Gasteiger partial charge < -0.3 is 4.90 Å². The first-order valence-corrected chi connectivity index (χ1v) is 6.48. The zero-order valence-corrected chi connectivity index (χ0v) is 11.9. The number of hydrogen-bond donors (Lipinski definition) is 0. The second-order valence-electron chi connectivity index (χ2n) is 6.44. The van der Waals surface area contributed by atoms with Gasteiger partial charge in [-0.2, -0.15) is 0 Å². The molecule has 1 nitrogen and oxygen atoms in total. The fourth-order valence-corrected chi connectivity index (χ4v) is 1.74. The summed E-state index contributed by atoms with van der Waals surface area (Å²) < 4.78 is 0. The van der Waals surface area contributed by atoms with E-state index in [1.165, 1.54) is 26.1 Å². The monoisotopic (exact) mass is 213 g/mol. The van der Waals surface area contributed by atoms with Gasteiger partial charge in [0.05, 0.1) is 0 Å². The van der Waals surface area contributed by atoms with Crippen LogP contribution in [0.4, 0.5) is 0 Å². The molecule has 0 aliphatic carbocycles. The van der Waals surface area contributed by atoms with Crippen LogP contribution < -0.4 is 0 Å². The van der Waals surface area contributed by atoms with Crippen molar-refractivity contribution in [1.29, 1.82) is 0 Å². The van der Waals surface area contributed by atoms with E-state index in [9.17, 15) is 0 Å². The predicted molar refractivity (Wildman–Crippen MR) is 70.2 cm³/mol. The second kappa shape index (κ2) is 6.52. The highest BCUT2D eigenvalue weighted by molar-refractivity contribution is 4.69. The summed E-state index contributed by atoms with van der Waals surface area (Å²) in [7, 11) is 0. The van der Waals surface area contributed by atoms with Crippen LogP contribution in [-0.4, -0.2) is 24.5 Å². The van der Waals surface area contributed by atoms with Crippen molar-refractivity contribution >= 4 is 0 Å². The average molecular weight is 213 g/mol. The van der Waals surface area contributed by atoms with Crippen LogP contribution >= 0.6 is 0 Å². The van der Waals surface area contributed by atoms with E-state index in [4.69, 9.17) is 0 Å². The van der Waals surface area contributed by atoms with Gasteiger partial charge >= 0.3 is 0 Å². The first kappa shape index (κ1) is 15.0. The van der Waals surface area contributed by atoms with Gasteiger partial charge in [0, 0.05) is 6.54 Å². The van der Waals surface area contributed by atoms with Crippen LogP contribution in [0.3, 0.4) is 0 Å². The number of nitrogens with zero attached hydrogens (tertiary/aromatic N) is 1. The van der Waals surface area contributed by atoms with Gasteiger partial charge in [-0.1, -0.05) is 48.5 Å². The molecule has 0 aromatic rings. The van der Waals surface area contributed by atoms with E-state index in [0.717, 1.165) is 11.8 Å². The SMILES string of the molecule is CCN(CCC(C)C(C)C)CC(C)(C)C. The minimum Gasteiger partial charge on any atom is -0.303 e. The Kier molecular flexibility index (Phi) is 6.51. The molecule has 0 aromatic carbocycles. The Morgan fingerprint density at radius 1 is 1.07 bits per heavy atom. The molecule has 0 heterocycles. The van der Waals surface area contributed by atoms with Gasteiger partial charge in [0.1, 0.15) is 0 Å². The van der Waals surface area contributed by atoms with Crippen LogP contribution in [0.15, 0.2) is 0 Å². The van der Waals surface area contributed by atoms with Crippen LogP contribution in [0.5, 0.6) is 0 Å². The lowest BCUT2D eigenvalue weighted by Gasteiger charge is -2.30. The largest absolute Gasteiger partial charge is 0.303 e. The van der Waals surface area contributed by atoms with Crippen molar-refractivity contribution in [3.05, 3.63) is 0 Å². The van der Waals surface area contributed by atoms with Crippen LogP contribution in [0.2, 0.25) is 0 Å². The molecule has 1 atom stereocenters. The van der Waals surface area contributed by atoms with Crippen molar-refractivity contribution < 1.29 is 0 Å². The molecule has 1 heteroatoms. The first-order chi connectivity index (χ1) is 6.76. The van der Waals surface area contributed by atoms with E-state index in [-0.39, 0.29) is 0 Å². The number of hydrogen-bond acceptors (Lipinski definition) is 1. The highest BCUT2D eigenvalue weighted by Gasteiger charge is 2.16. The van der Waals surface area contributed by atoms with E-state index >= 15 is 0 Å². The topological polar surface area (TPSA) is 3.24 Å². The molecule has 0 aliphatic heterocycles. The minimum absolute atomic E-state index is 0.428. The van der Waals surface area contributed by atoms with Crippen molar-refractivity contribution in [1.82, 2.24) is 4.90 Å². The maximum Gasteiger partial charge on any atom is 0.00299 e. The van der Waals surface area contributed by atoms with Gasteiger partial charge in [0.15, 0.2) is 0 Å². The predicted octanol–water partition coefficient (Wildman–Crippen LogP) is 4.04. The molecule has 0 radical (unpaired) electrons. The lowest BCUT2D eigenvalue weighted by molar-refractivity contribution is 0.183. The Hall–Kier alpha value is -0.0400. The molecule has 0 bridgehead atoms. The Morgan fingerprint density at radius 2 is 1.60 bits per heavy atom. The normalized spacial score (nSPS) is 15.0. The molecular weight excluding hydrogens is 182 g/mol. The molecule has 92 valence electrons.